The molecule has 1 aromatic carbocycles. The average Bonchev–Trinajstić information content (AvgIpc) is 3.04. The summed E-state index contributed by atoms with van der Waals surface area (Å²) in [5.41, 5.74) is 1.02. The van der Waals surface area contributed by atoms with Crippen LogP contribution in [0.25, 0.3) is 0 Å². The van der Waals surface area contributed by atoms with Gasteiger partial charge in [-0.2, -0.15) is 0 Å². The largest absolute Gasteiger partial charge is 0.342 e. The van der Waals surface area contributed by atoms with Crippen molar-refractivity contribution in [2.75, 3.05) is 26.2 Å². The Labute approximate surface area is 118 Å². The summed E-state index contributed by atoms with van der Waals surface area (Å²) >= 11 is 0. The molecule has 5 heteroatoms. The minimum atomic E-state index is -0.260. The first kappa shape index (κ1) is 13.0. The Morgan fingerprint density at radius 1 is 1.20 bits per heavy atom. The van der Waals surface area contributed by atoms with Crippen molar-refractivity contribution in [2.24, 2.45) is 0 Å². The van der Waals surface area contributed by atoms with Gasteiger partial charge in [0.2, 0.25) is 5.78 Å². The average molecular weight is 270 g/mol. The van der Waals surface area contributed by atoms with Gasteiger partial charge in [0.15, 0.2) is 5.82 Å². The van der Waals surface area contributed by atoms with Crippen LogP contribution in [0.3, 0.4) is 0 Å². The highest BCUT2D eigenvalue weighted by molar-refractivity contribution is 5.97. The molecular weight excluding hydrogens is 252 g/mol. The molecule has 0 spiro atoms. The molecule has 2 N–H and O–H groups in total. The number of imidazole rings is 1. The molecule has 3 rings (SSSR count). The van der Waals surface area contributed by atoms with Gasteiger partial charge in [-0.05, 0) is 5.56 Å². The van der Waals surface area contributed by atoms with Gasteiger partial charge in [0.25, 0.3) is 0 Å². The number of aromatic nitrogens is 2. The molecule has 1 atom stereocenters. The molecule has 1 aliphatic heterocycles. The van der Waals surface area contributed by atoms with Crippen molar-refractivity contribution < 1.29 is 4.79 Å². The molecule has 1 saturated heterocycles. The second-order valence-electron chi connectivity index (χ2n) is 4.90. The standard InChI is InChI=1S/C15H18N4O/c20-14(15-17-6-7-18-15)13(12-4-2-1-3-5-12)19-10-8-16-9-11-19/h1-7,13,16H,8-11H2,(H,17,18). The van der Waals surface area contributed by atoms with Crippen molar-refractivity contribution in [3.8, 4) is 0 Å². The first-order chi connectivity index (χ1) is 9.86. The lowest BCUT2D eigenvalue weighted by Crippen LogP contribution is -2.47. The zero-order valence-electron chi connectivity index (χ0n) is 11.2. The van der Waals surface area contributed by atoms with Crippen LogP contribution in [-0.4, -0.2) is 46.8 Å². The lowest BCUT2D eigenvalue weighted by molar-refractivity contribution is 0.0785. The fraction of sp³-hybridized carbons (Fsp3) is 0.333. The zero-order chi connectivity index (χ0) is 13.8. The maximum atomic E-state index is 12.7. The van der Waals surface area contributed by atoms with E-state index in [0.29, 0.717) is 5.82 Å². The molecular formula is C15H18N4O. The minimum Gasteiger partial charge on any atom is -0.342 e. The summed E-state index contributed by atoms with van der Waals surface area (Å²) in [6.45, 7) is 3.56. The molecule has 0 radical (unpaired) electrons. The molecule has 0 aliphatic carbocycles. The lowest BCUT2D eigenvalue weighted by atomic mass is 9.99. The topological polar surface area (TPSA) is 61.0 Å². The number of carbonyl (C=O) groups excluding carboxylic acids is 1. The number of benzene rings is 1. The van der Waals surface area contributed by atoms with Gasteiger partial charge in [-0.15, -0.1) is 0 Å². The van der Waals surface area contributed by atoms with Gasteiger partial charge in [0.05, 0.1) is 0 Å². The Bertz CT molecular complexity index is 547. The van der Waals surface area contributed by atoms with Gasteiger partial charge in [-0.3, -0.25) is 9.69 Å². The van der Waals surface area contributed by atoms with Gasteiger partial charge in [-0.25, -0.2) is 4.98 Å². The molecule has 20 heavy (non-hydrogen) atoms. The highest BCUT2D eigenvalue weighted by Crippen LogP contribution is 2.24. The molecule has 1 aromatic heterocycles. The Balaban J connectivity index is 1.92. The lowest BCUT2D eigenvalue weighted by Gasteiger charge is -2.33. The third kappa shape index (κ3) is 2.64. The number of hydrogen-bond donors (Lipinski definition) is 2. The fourth-order valence-electron chi connectivity index (χ4n) is 2.63. The van der Waals surface area contributed by atoms with E-state index in [1.165, 1.54) is 0 Å². The van der Waals surface area contributed by atoms with Gasteiger partial charge >= 0.3 is 0 Å². The maximum absolute atomic E-state index is 12.7. The van der Waals surface area contributed by atoms with Gasteiger partial charge < -0.3 is 10.3 Å². The fourth-order valence-corrected chi connectivity index (χ4v) is 2.63. The Kier molecular flexibility index (Phi) is 3.90. The van der Waals surface area contributed by atoms with Crippen LogP contribution in [-0.2, 0) is 0 Å². The van der Waals surface area contributed by atoms with Crippen LogP contribution >= 0.6 is 0 Å². The van der Waals surface area contributed by atoms with E-state index in [0.717, 1.165) is 31.7 Å². The Morgan fingerprint density at radius 3 is 2.60 bits per heavy atom. The van der Waals surface area contributed by atoms with Crippen LogP contribution in [0, 0.1) is 0 Å². The van der Waals surface area contributed by atoms with Crippen molar-refractivity contribution in [3.05, 3.63) is 54.1 Å². The van der Waals surface area contributed by atoms with Crippen molar-refractivity contribution >= 4 is 5.78 Å². The molecule has 2 heterocycles. The number of Topliss-reactive ketones (excluding diaryl/α,β-unsaturated/α-hetero) is 1. The van der Waals surface area contributed by atoms with Crippen LogP contribution < -0.4 is 5.32 Å². The number of H-pyrrole nitrogens is 1. The molecule has 1 aliphatic rings. The summed E-state index contributed by atoms with van der Waals surface area (Å²) in [5, 5.41) is 3.32. The number of piperazine rings is 1. The van der Waals surface area contributed by atoms with Crippen LogP contribution in [0.4, 0.5) is 0 Å². The van der Waals surface area contributed by atoms with Crippen LogP contribution in [0.2, 0.25) is 0 Å². The third-order valence-electron chi connectivity index (χ3n) is 3.61. The van der Waals surface area contributed by atoms with Crippen molar-refractivity contribution in [1.29, 1.82) is 0 Å². The summed E-state index contributed by atoms with van der Waals surface area (Å²) < 4.78 is 0. The van der Waals surface area contributed by atoms with E-state index >= 15 is 0 Å². The highest BCUT2D eigenvalue weighted by atomic mass is 16.1. The number of nitrogens with zero attached hydrogens (tertiary/aromatic N) is 2. The summed E-state index contributed by atoms with van der Waals surface area (Å²) in [7, 11) is 0. The smallest absolute Gasteiger partial charge is 0.219 e. The number of rotatable bonds is 4. The van der Waals surface area contributed by atoms with E-state index in [4.69, 9.17) is 0 Å². The van der Waals surface area contributed by atoms with E-state index in [-0.39, 0.29) is 11.8 Å². The SMILES string of the molecule is O=C(c1ncc[nH]1)C(c1ccccc1)N1CCNCC1. The molecule has 1 unspecified atom stereocenters. The van der Waals surface area contributed by atoms with E-state index in [1.807, 2.05) is 30.3 Å². The van der Waals surface area contributed by atoms with E-state index in [9.17, 15) is 4.79 Å². The molecule has 2 aromatic rings. The second kappa shape index (κ2) is 5.98. The number of ketones is 1. The van der Waals surface area contributed by atoms with E-state index < -0.39 is 0 Å². The zero-order valence-corrected chi connectivity index (χ0v) is 11.2. The summed E-state index contributed by atoms with van der Waals surface area (Å²) in [5.74, 6) is 0.459. The Hall–Kier alpha value is -1.98. The first-order valence-corrected chi connectivity index (χ1v) is 6.89. The van der Waals surface area contributed by atoms with Crippen LogP contribution in [0.15, 0.2) is 42.7 Å². The molecule has 104 valence electrons. The normalized spacial score (nSPS) is 17.8. The van der Waals surface area contributed by atoms with E-state index in [2.05, 4.69) is 20.2 Å². The quantitative estimate of drug-likeness (QED) is 0.821. The van der Waals surface area contributed by atoms with Gasteiger partial charge in [0.1, 0.15) is 6.04 Å². The predicted molar refractivity (Wildman–Crippen MR) is 76.5 cm³/mol. The first-order valence-electron chi connectivity index (χ1n) is 6.89. The third-order valence-corrected chi connectivity index (χ3v) is 3.61. The van der Waals surface area contributed by atoms with Crippen molar-refractivity contribution in [3.63, 3.8) is 0 Å². The monoisotopic (exact) mass is 270 g/mol. The Morgan fingerprint density at radius 2 is 1.95 bits per heavy atom. The van der Waals surface area contributed by atoms with Gasteiger partial charge in [0, 0.05) is 38.6 Å². The number of nitrogens with one attached hydrogen (secondary N) is 2. The summed E-state index contributed by atoms with van der Waals surface area (Å²) in [6, 6.07) is 9.67. The predicted octanol–water partition coefficient (Wildman–Crippen LogP) is 1.24. The molecule has 0 bridgehead atoms. The van der Waals surface area contributed by atoms with Gasteiger partial charge in [-0.1, -0.05) is 30.3 Å². The number of aromatic amines is 1. The van der Waals surface area contributed by atoms with E-state index in [1.54, 1.807) is 12.4 Å². The maximum Gasteiger partial charge on any atom is 0.219 e. The second-order valence-corrected chi connectivity index (χ2v) is 4.90. The van der Waals surface area contributed by atoms with Crippen LogP contribution in [0.5, 0.6) is 0 Å². The highest BCUT2D eigenvalue weighted by Gasteiger charge is 2.30. The van der Waals surface area contributed by atoms with Crippen LogP contribution in [0.1, 0.15) is 22.2 Å². The molecule has 5 nitrogen and oxygen atoms in total. The summed E-state index contributed by atoms with van der Waals surface area (Å²) in [6.07, 6.45) is 3.31. The number of hydrogen-bond acceptors (Lipinski definition) is 4. The van der Waals surface area contributed by atoms with Crippen molar-refractivity contribution in [2.45, 2.75) is 6.04 Å². The molecule has 0 amide bonds. The minimum absolute atomic E-state index is 0.0306. The summed E-state index contributed by atoms with van der Waals surface area (Å²) in [4.78, 5) is 22.0. The molecule has 1 fully saturated rings. The number of carbonyl (C=O) groups is 1. The molecule has 0 saturated carbocycles. The van der Waals surface area contributed by atoms with Crippen molar-refractivity contribution in [1.82, 2.24) is 20.2 Å².